The van der Waals surface area contributed by atoms with E-state index in [1.54, 1.807) is 0 Å². The van der Waals surface area contributed by atoms with Gasteiger partial charge in [0.1, 0.15) is 0 Å². The van der Waals surface area contributed by atoms with Crippen LogP contribution in [0.3, 0.4) is 0 Å². The van der Waals surface area contributed by atoms with E-state index in [1.807, 2.05) is 0 Å². The maximum absolute atomic E-state index is 4.14. The fourth-order valence-corrected chi connectivity index (χ4v) is 5.95. The summed E-state index contributed by atoms with van der Waals surface area (Å²) in [5, 5.41) is 0. The van der Waals surface area contributed by atoms with E-state index in [-0.39, 0.29) is 0 Å². The third-order valence-corrected chi connectivity index (χ3v) is 7.48. The summed E-state index contributed by atoms with van der Waals surface area (Å²) in [7, 11) is 0. The van der Waals surface area contributed by atoms with Crippen LogP contribution in [0.4, 0.5) is 0 Å². The number of fused-ring (bicyclic) bond motifs is 2. The number of rotatable bonds is 2. The molecule has 0 nitrogen and oxygen atoms in total. The van der Waals surface area contributed by atoms with Crippen molar-refractivity contribution >= 4 is 27.1 Å². The van der Waals surface area contributed by atoms with Crippen molar-refractivity contribution in [1.29, 1.82) is 0 Å². The van der Waals surface area contributed by atoms with E-state index >= 15 is 0 Å². The van der Waals surface area contributed by atoms with Crippen molar-refractivity contribution < 1.29 is 0 Å². The highest BCUT2D eigenvalue weighted by atomic mass is 79.9. The first-order valence-corrected chi connectivity index (χ1v) is 12.3. The molecule has 5 rings (SSSR count). The molecule has 0 saturated carbocycles. The second-order valence-corrected chi connectivity index (χ2v) is 9.80. The molecule has 0 radical (unpaired) electrons. The van der Waals surface area contributed by atoms with E-state index in [4.69, 9.17) is 0 Å². The molecule has 2 aliphatic carbocycles. The van der Waals surface area contributed by atoms with Gasteiger partial charge < -0.3 is 0 Å². The Balaban J connectivity index is 1.73. The van der Waals surface area contributed by atoms with Crippen LogP contribution in [0.15, 0.2) is 71.2 Å². The second kappa shape index (κ2) is 8.63. The zero-order chi connectivity index (χ0) is 21.4. The Morgan fingerprint density at radius 3 is 1.45 bits per heavy atom. The van der Waals surface area contributed by atoms with E-state index in [1.165, 1.54) is 73.0 Å². The van der Waals surface area contributed by atoms with Crippen LogP contribution in [-0.2, 0) is 12.8 Å². The van der Waals surface area contributed by atoms with E-state index in [9.17, 15) is 0 Å². The standard InChI is InChI=1S/C30H29Br/c1-20-11-15-22(16-12-20)26-9-5-3-7-24-19-25-8-4-6-10-27(29(25)30(31)28(24)26)23-17-13-21(2)14-18-23/h9-19H,3-8H2,1-2H3. The SMILES string of the molecule is Cc1ccc(C2=CCCCc3cc4c(c(Br)c32)C(c2ccc(C)cc2)=CCCC4)cc1. The van der Waals surface area contributed by atoms with Gasteiger partial charge in [0.25, 0.3) is 0 Å². The van der Waals surface area contributed by atoms with Crippen molar-refractivity contribution in [2.24, 2.45) is 0 Å². The highest BCUT2D eigenvalue weighted by Crippen LogP contribution is 2.44. The fourth-order valence-electron chi connectivity index (χ4n) is 5.01. The molecule has 0 spiro atoms. The summed E-state index contributed by atoms with van der Waals surface area (Å²) >= 11 is 4.14. The minimum absolute atomic E-state index is 1.13. The lowest BCUT2D eigenvalue weighted by molar-refractivity contribution is 0.832. The van der Waals surface area contributed by atoms with Crippen LogP contribution in [0.2, 0.25) is 0 Å². The molecule has 1 heteroatoms. The first kappa shape index (κ1) is 20.5. The van der Waals surface area contributed by atoms with Crippen LogP contribution in [0.5, 0.6) is 0 Å². The molecule has 0 fully saturated rings. The smallest absolute Gasteiger partial charge is 0.0337 e. The van der Waals surface area contributed by atoms with Gasteiger partial charge in [0.05, 0.1) is 0 Å². The van der Waals surface area contributed by atoms with Gasteiger partial charge in [0.15, 0.2) is 0 Å². The molecule has 0 heterocycles. The lowest BCUT2D eigenvalue weighted by Gasteiger charge is -2.22. The summed E-state index contributed by atoms with van der Waals surface area (Å²) in [6.07, 6.45) is 11.9. The van der Waals surface area contributed by atoms with E-state index in [2.05, 4.69) is 96.5 Å². The Hall–Kier alpha value is -2.38. The largest absolute Gasteiger partial charge is 0.0760 e. The van der Waals surface area contributed by atoms with Crippen molar-refractivity contribution in [3.8, 4) is 0 Å². The van der Waals surface area contributed by atoms with Gasteiger partial charge in [-0.15, -0.1) is 0 Å². The lowest BCUT2D eigenvalue weighted by atomic mass is 9.85. The van der Waals surface area contributed by atoms with Gasteiger partial charge in [-0.1, -0.05) is 77.9 Å². The molecule has 156 valence electrons. The Labute approximate surface area is 194 Å². The maximum Gasteiger partial charge on any atom is 0.0337 e. The predicted molar refractivity (Wildman–Crippen MR) is 137 cm³/mol. The van der Waals surface area contributed by atoms with Gasteiger partial charge in [-0.3, -0.25) is 0 Å². The average Bonchev–Trinajstić information content (AvgIpc) is 3.12. The van der Waals surface area contributed by atoms with Crippen LogP contribution in [-0.4, -0.2) is 0 Å². The molecule has 0 saturated heterocycles. The van der Waals surface area contributed by atoms with Crippen LogP contribution < -0.4 is 0 Å². The van der Waals surface area contributed by atoms with Gasteiger partial charge in [0.2, 0.25) is 0 Å². The zero-order valence-electron chi connectivity index (χ0n) is 18.5. The number of allylic oxidation sites excluding steroid dienone is 2. The molecule has 0 atom stereocenters. The molecular weight excluding hydrogens is 440 g/mol. The van der Waals surface area contributed by atoms with Crippen molar-refractivity contribution in [3.05, 3.63) is 116 Å². The predicted octanol–water partition coefficient (Wildman–Crippen LogP) is 8.60. The summed E-state index contributed by atoms with van der Waals surface area (Å²) in [5.74, 6) is 0. The quantitative estimate of drug-likeness (QED) is 0.353. The number of hydrogen-bond donors (Lipinski definition) is 0. The number of benzene rings is 3. The minimum Gasteiger partial charge on any atom is -0.0760 e. The molecular formula is C30H29Br. The molecule has 2 aliphatic rings. The van der Waals surface area contributed by atoms with E-state index in [0.717, 1.165) is 25.7 Å². The molecule has 0 aliphatic heterocycles. The number of hydrogen-bond acceptors (Lipinski definition) is 0. The minimum atomic E-state index is 1.13. The fraction of sp³-hybridized carbons (Fsp3) is 0.267. The van der Waals surface area contributed by atoms with Crippen molar-refractivity contribution in [3.63, 3.8) is 0 Å². The first-order chi connectivity index (χ1) is 15.1. The monoisotopic (exact) mass is 468 g/mol. The normalized spacial score (nSPS) is 15.8. The molecule has 0 aromatic heterocycles. The van der Waals surface area contributed by atoms with Crippen LogP contribution >= 0.6 is 15.9 Å². The molecule has 0 bridgehead atoms. The van der Waals surface area contributed by atoms with Crippen LogP contribution in [0, 0.1) is 13.8 Å². The molecule has 0 N–H and O–H groups in total. The highest BCUT2D eigenvalue weighted by molar-refractivity contribution is 9.10. The topological polar surface area (TPSA) is 0 Å². The van der Waals surface area contributed by atoms with E-state index < -0.39 is 0 Å². The lowest BCUT2D eigenvalue weighted by Crippen LogP contribution is -2.04. The third kappa shape index (κ3) is 3.96. The van der Waals surface area contributed by atoms with Gasteiger partial charge in [-0.05, 0) is 113 Å². The molecule has 0 amide bonds. The Kier molecular flexibility index (Phi) is 5.71. The van der Waals surface area contributed by atoms with Crippen LogP contribution in [0.1, 0.15) is 70.2 Å². The zero-order valence-corrected chi connectivity index (χ0v) is 20.1. The van der Waals surface area contributed by atoms with Gasteiger partial charge in [-0.2, -0.15) is 0 Å². The summed E-state index contributed by atoms with van der Waals surface area (Å²) < 4.78 is 1.28. The third-order valence-electron chi connectivity index (χ3n) is 6.69. The Morgan fingerprint density at radius 2 is 1.03 bits per heavy atom. The van der Waals surface area contributed by atoms with Crippen molar-refractivity contribution in [1.82, 2.24) is 0 Å². The summed E-state index contributed by atoms with van der Waals surface area (Å²) in [4.78, 5) is 0. The van der Waals surface area contributed by atoms with Crippen molar-refractivity contribution in [2.75, 3.05) is 0 Å². The Bertz CT molecular complexity index is 1080. The first-order valence-electron chi connectivity index (χ1n) is 11.5. The molecule has 31 heavy (non-hydrogen) atoms. The summed E-state index contributed by atoms with van der Waals surface area (Å²) in [5.41, 5.74) is 13.8. The average molecular weight is 469 g/mol. The number of halogens is 1. The Morgan fingerprint density at radius 1 is 0.613 bits per heavy atom. The van der Waals surface area contributed by atoms with Crippen LogP contribution in [0.25, 0.3) is 11.1 Å². The molecule has 3 aromatic rings. The highest BCUT2D eigenvalue weighted by Gasteiger charge is 2.24. The maximum atomic E-state index is 4.14. The molecule has 0 unspecified atom stereocenters. The van der Waals surface area contributed by atoms with Gasteiger partial charge in [-0.25, -0.2) is 0 Å². The van der Waals surface area contributed by atoms with E-state index in [0.29, 0.717) is 0 Å². The number of aryl methyl sites for hydroxylation is 4. The van der Waals surface area contributed by atoms with Gasteiger partial charge in [0, 0.05) is 4.47 Å². The van der Waals surface area contributed by atoms with Gasteiger partial charge >= 0.3 is 0 Å². The second-order valence-electron chi connectivity index (χ2n) is 9.01. The molecule has 3 aromatic carbocycles. The summed E-state index contributed by atoms with van der Waals surface area (Å²) in [6.45, 7) is 4.32. The van der Waals surface area contributed by atoms with Crippen molar-refractivity contribution in [2.45, 2.75) is 52.4 Å². The summed E-state index contributed by atoms with van der Waals surface area (Å²) in [6, 6.07) is 20.6.